The molecule has 228 valence electrons. The first-order valence-corrected chi connectivity index (χ1v) is 16.0. The number of anilines is 1. The molecule has 9 heteroatoms. The third kappa shape index (κ3) is 5.51. The summed E-state index contributed by atoms with van der Waals surface area (Å²) in [6, 6.07) is 19.1. The number of ether oxygens (including phenoxy) is 1. The Morgan fingerprint density at radius 1 is 1.07 bits per heavy atom. The highest BCUT2D eigenvalue weighted by Crippen LogP contribution is 2.41. The normalized spacial score (nSPS) is 19.9. The molecule has 3 aromatic carbocycles. The molecule has 0 bridgehead atoms. The first kappa shape index (κ1) is 30.9. The zero-order valence-electron chi connectivity index (χ0n) is 24.9. The second kappa shape index (κ2) is 12.3. The number of aryl methyl sites for hydroxylation is 1. The Kier molecular flexibility index (Phi) is 8.46. The lowest BCUT2D eigenvalue weighted by molar-refractivity contribution is -0.122. The molecule has 0 radical (unpaired) electrons. The number of hydrogen-bond donors (Lipinski definition) is 0. The molecule has 0 N–H and O–H groups in total. The monoisotopic (exact) mass is 684 g/mol. The first-order chi connectivity index (χ1) is 21.6. The fourth-order valence-electron chi connectivity index (χ4n) is 6.26. The Morgan fingerprint density at radius 2 is 1.78 bits per heavy atom. The number of carbonyl (C=O) groups is 4. The van der Waals surface area contributed by atoms with E-state index in [0.29, 0.717) is 61.3 Å². The van der Waals surface area contributed by atoms with Crippen molar-refractivity contribution in [3.63, 3.8) is 0 Å². The van der Waals surface area contributed by atoms with E-state index < -0.39 is 12.1 Å². The summed E-state index contributed by atoms with van der Waals surface area (Å²) in [5, 5.41) is 0.985. The molecule has 2 heterocycles. The van der Waals surface area contributed by atoms with Crippen LogP contribution in [0.4, 0.5) is 5.69 Å². The maximum atomic E-state index is 13.8. The number of Topliss-reactive ketones (excluding diaryl/α,β-unsaturated/α-hetero) is 1. The average molecular weight is 686 g/mol. The van der Waals surface area contributed by atoms with Gasteiger partial charge < -0.3 is 4.74 Å². The smallest absolute Gasteiger partial charge is 0.339 e. The number of esters is 1. The van der Waals surface area contributed by atoms with Crippen LogP contribution in [0.2, 0.25) is 5.02 Å². The van der Waals surface area contributed by atoms with Crippen LogP contribution in [0.3, 0.4) is 0 Å². The van der Waals surface area contributed by atoms with E-state index in [1.165, 1.54) is 4.90 Å². The van der Waals surface area contributed by atoms with E-state index in [9.17, 15) is 19.2 Å². The van der Waals surface area contributed by atoms with Crippen LogP contribution in [-0.4, -0.2) is 34.7 Å². The molecule has 6 rings (SSSR count). The molecule has 7 nitrogen and oxygen atoms in total. The fourth-order valence-corrected chi connectivity index (χ4v) is 6.93. The van der Waals surface area contributed by atoms with E-state index in [-0.39, 0.29) is 40.9 Å². The molecule has 2 aliphatic rings. The number of ketones is 1. The van der Waals surface area contributed by atoms with E-state index in [0.717, 1.165) is 0 Å². The van der Waals surface area contributed by atoms with Gasteiger partial charge in [-0.15, -0.1) is 0 Å². The van der Waals surface area contributed by atoms with Gasteiger partial charge in [-0.05, 0) is 71.4 Å². The Balaban J connectivity index is 1.37. The zero-order valence-corrected chi connectivity index (χ0v) is 27.3. The van der Waals surface area contributed by atoms with Gasteiger partial charge >= 0.3 is 5.97 Å². The van der Waals surface area contributed by atoms with Crippen LogP contribution in [0.5, 0.6) is 0 Å². The zero-order chi connectivity index (χ0) is 32.0. The first-order valence-electron chi connectivity index (χ1n) is 14.8. The average Bonchev–Trinajstić information content (AvgIpc) is 3.32. The van der Waals surface area contributed by atoms with Crippen LogP contribution >= 0.6 is 27.5 Å². The lowest BCUT2D eigenvalue weighted by Crippen LogP contribution is -2.31. The molecule has 1 aliphatic carbocycles. The van der Waals surface area contributed by atoms with Crippen molar-refractivity contribution in [2.24, 2.45) is 17.8 Å². The molecular formula is C36H30BrClN2O5. The molecule has 1 fully saturated rings. The van der Waals surface area contributed by atoms with E-state index >= 15 is 0 Å². The molecule has 45 heavy (non-hydrogen) atoms. The third-order valence-electron chi connectivity index (χ3n) is 8.71. The Morgan fingerprint density at radius 3 is 2.44 bits per heavy atom. The summed E-state index contributed by atoms with van der Waals surface area (Å²) < 4.78 is 6.42. The van der Waals surface area contributed by atoms with Crippen molar-refractivity contribution >= 4 is 67.7 Å². The molecule has 4 aromatic rings. The van der Waals surface area contributed by atoms with Gasteiger partial charge in [0.15, 0.2) is 6.10 Å². The highest BCUT2D eigenvalue weighted by molar-refractivity contribution is 9.10. The summed E-state index contributed by atoms with van der Waals surface area (Å²) in [4.78, 5) is 59.6. The molecular weight excluding hydrogens is 656 g/mol. The van der Waals surface area contributed by atoms with Gasteiger partial charge in [-0.3, -0.25) is 19.3 Å². The molecule has 0 spiro atoms. The lowest BCUT2D eigenvalue weighted by Gasteiger charge is -2.22. The summed E-state index contributed by atoms with van der Waals surface area (Å²) in [5.41, 5.74) is 3.48. The molecule has 1 saturated heterocycles. The van der Waals surface area contributed by atoms with Crippen molar-refractivity contribution in [3.05, 3.63) is 105 Å². The van der Waals surface area contributed by atoms with Gasteiger partial charge in [0.2, 0.25) is 17.6 Å². The quantitative estimate of drug-likeness (QED) is 0.0844. The maximum Gasteiger partial charge on any atom is 0.339 e. The van der Waals surface area contributed by atoms with Gasteiger partial charge in [-0.2, -0.15) is 0 Å². The standard InChI is InChI=1S/C36H30BrClN2O5/c1-4-29(33(41)22-10-6-5-7-11-22)45-36(44)26-18-28(39-32-20(3)31(38)27(37)17-25(26)32)21-13-15-23(16-14-21)40-34(42)24-12-8-9-19(2)30(24)35(40)43/h5-11,13-19,24,29-30H,4,12H2,1-3H3. The highest BCUT2D eigenvalue weighted by Gasteiger charge is 2.50. The van der Waals surface area contributed by atoms with Crippen LogP contribution in [0.15, 0.2) is 83.4 Å². The number of pyridine rings is 1. The maximum absolute atomic E-state index is 13.8. The van der Waals surface area contributed by atoms with Gasteiger partial charge in [0, 0.05) is 21.0 Å². The molecule has 0 saturated carbocycles. The second-order valence-corrected chi connectivity index (χ2v) is 12.7. The minimum Gasteiger partial charge on any atom is -0.450 e. The predicted octanol–water partition coefficient (Wildman–Crippen LogP) is 8.15. The number of halogens is 2. The largest absolute Gasteiger partial charge is 0.450 e. The van der Waals surface area contributed by atoms with E-state index in [1.54, 1.807) is 67.6 Å². The van der Waals surface area contributed by atoms with E-state index in [2.05, 4.69) is 15.9 Å². The Bertz CT molecular complexity index is 1890. The number of fused-ring (bicyclic) bond motifs is 2. The molecule has 4 unspecified atom stereocenters. The van der Waals surface area contributed by atoms with Crippen LogP contribution in [-0.2, 0) is 14.3 Å². The number of carbonyl (C=O) groups excluding carboxylic acids is 4. The number of aromatic nitrogens is 1. The van der Waals surface area contributed by atoms with Gasteiger partial charge in [0.05, 0.1) is 39.3 Å². The molecule has 4 atom stereocenters. The number of nitrogens with zero attached hydrogens (tertiary/aromatic N) is 2. The van der Waals surface area contributed by atoms with Crippen molar-refractivity contribution in [2.75, 3.05) is 4.90 Å². The van der Waals surface area contributed by atoms with Crippen molar-refractivity contribution in [1.82, 2.24) is 4.98 Å². The second-order valence-electron chi connectivity index (χ2n) is 11.5. The number of rotatable bonds is 7. The van der Waals surface area contributed by atoms with Crippen molar-refractivity contribution in [1.29, 1.82) is 0 Å². The number of allylic oxidation sites excluding steroid dienone is 2. The SMILES string of the molecule is CCC(OC(=O)c1cc(-c2ccc(N3C(=O)C4CC=CC(C)C4C3=O)cc2)nc2c(C)c(Cl)c(Br)cc12)C(=O)c1ccccc1. The van der Waals surface area contributed by atoms with E-state index in [4.69, 9.17) is 21.3 Å². The summed E-state index contributed by atoms with van der Waals surface area (Å²) in [7, 11) is 0. The molecule has 2 amide bonds. The summed E-state index contributed by atoms with van der Waals surface area (Å²) in [6.07, 6.45) is 3.86. The third-order valence-corrected chi connectivity index (χ3v) is 10.0. The Hall–Kier alpha value is -4.14. The minimum absolute atomic E-state index is 0.00478. The van der Waals surface area contributed by atoms with Crippen molar-refractivity contribution in [3.8, 4) is 11.3 Å². The summed E-state index contributed by atoms with van der Waals surface area (Å²) in [6.45, 7) is 5.57. The molecule has 1 aliphatic heterocycles. The number of imide groups is 1. The van der Waals surface area contributed by atoms with Gasteiger partial charge in [0.25, 0.3) is 0 Å². The number of amides is 2. The van der Waals surface area contributed by atoms with Crippen molar-refractivity contribution in [2.45, 2.75) is 39.7 Å². The Labute approximate surface area is 274 Å². The molecule has 1 aromatic heterocycles. The summed E-state index contributed by atoms with van der Waals surface area (Å²) >= 11 is 10.0. The summed E-state index contributed by atoms with van der Waals surface area (Å²) in [5.74, 6) is -2.02. The van der Waals surface area contributed by atoms with Crippen LogP contribution in [0.25, 0.3) is 22.2 Å². The topological polar surface area (TPSA) is 93.6 Å². The van der Waals surface area contributed by atoms with Crippen LogP contribution in [0, 0.1) is 24.7 Å². The number of hydrogen-bond acceptors (Lipinski definition) is 6. The predicted molar refractivity (Wildman–Crippen MR) is 177 cm³/mol. The lowest BCUT2D eigenvalue weighted by atomic mass is 9.78. The number of benzene rings is 3. The van der Waals surface area contributed by atoms with E-state index in [1.807, 2.05) is 32.1 Å². The van der Waals surface area contributed by atoms with Gasteiger partial charge in [-0.1, -0.05) is 80.1 Å². The van der Waals surface area contributed by atoms with Crippen LogP contribution in [0.1, 0.15) is 53.0 Å². The van der Waals surface area contributed by atoms with Crippen molar-refractivity contribution < 1.29 is 23.9 Å². The fraction of sp³-hybridized carbons (Fsp3) is 0.250. The highest BCUT2D eigenvalue weighted by atomic mass is 79.9. The van der Waals surface area contributed by atoms with Gasteiger partial charge in [-0.25, -0.2) is 9.78 Å². The van der Waals surface area contributed by atoms with Crippen LogP contribution < -0.4 is 4.90 Å². The van der Waals surface area contributed by atoms with Gasteiger partial charge in [0.1, 0.15) is 0 Å². The minimum atomic E-state index is -0.972.